The summed E-state index contributed by atoms with van der Waals surface area (Å²) in [5.74, 6) is 2.22. The van der Waals surface area contributed by atoms with E-state index >= 15 is 0 Å². The summed E-state index contributed by atoms with van der Waals surface area (Å²) >= 11 is 0. The second-order valence-corrected chi connectivity index (χ2v) is 8.43. The van der Waals surface area contributed by atoms with E-state index < -0.39 is 5.60 Å². The van der Waals surface area contributed by atoms with E-state index in [-0.39, 0.29) is 0 Å². The van der Waals surface area contributed by atoms with E-state index in [4.69, 9.17) is 9.41 Å². The van der Waals surface area contributed by atoms with Gasteiger partial charge in [-0.25, -0.2) is 4.99 Å². The molecule has 0 spiro atoms. The minimum Gasteiger partial charge on any atom is -0.466 e. The number of hydrogen-bond donors (Lipinski definition) is 3. The van der Waals surface area contributed by atoms with Gasteiger partial charge in [-0.05, 0) is 65.8 Å². The largest absolute Gasteiger partial charge is 0.466 e. The zero-order chi connectivity index (χ0) is 22.3. The van der Waals surface area contributed by atoms with Crippen LogP contribution in [0.4, 0.5) is 0 Å². The van der Waals surface area contributed by atoms with Crippen LogP contribution in [0.25, 0.3) is 0 Å². The Morgan fingerprint density at radius 3 is 2.43 bits per heavy atom. The highest BCUT2D eigenvalue weighted by atomic mass is 16.3. The molecule has 0 bridgehead atoms. The molecule has 2 rings (SSSR count). The van der Waals surface area contributed by atoms with Crippen LogP contribution in [0.15, 0.2) is 39.7 Å². The molecule has 1 heterocycles. The summed E-state index contributed by atoms with van der Waals surface area (Å²) in [6.45, 7) is 14.5. The first-order valence-corrected chi connectivity index (χ1v) is 10.7. The van der Waals surface area contributed by atoms with Gasteiger partial charge in [-0.15, -0.1) is 0 Å². The summed E-state index contributed by atoms with van der Waals surface area (Å²) in [7, 11) is 2.14. The van der Waals surface area contributed by atoms with Crippen LogP contribution in [0.5, 0.6) is 0 Å². The maximum absolute atomic E-state index is 11.0. The van der Waals surface area contributed by atoms with E-state index in [0.29, 0.717) is 25.1 Å². The average molecular weight is 415 g/mol. The Balaban J connectivity index is 2.11. The van der Waals surface area contributed by atoms with Gasteiger partial charge in [0.05, 0.1) is 13.1 Å². The number of aryl methyl sites for hydroxylation is 2. The molecule has 0 saturated carbocycles. The SMILES string of the molecule is CCNC(=NCc1ccccc1CN(C)C(C)C)NCC(C)(O)c1cc(C)oc1C. The van der Waals surface area contributed by atoms with Crippen molar-refractivity contribution in [3.63, 3.8) is 0 Å². The molecule has 2 aromatic rings. The Morgan fingerprint density at radius 1 is 1.20 bits per heavy atom. The van der Waals surface area contributed by atoms with Gasteiger partial charge in [0, 0.05) is 24.7 Å². The lowest BCUT2D eigenvalue weighted by atomic mass is 9.96. The highest BCUT2D eigenvalue weighted by Crippen LogP contribution is 2.26. The summed E-state index contributed by atoms with van der Waals surface area (Å²) in [6.07, 6.45) is 0. The third-order valence-corrected chi connectivity index (χ3v) is 5.39. The summed E-state index contributed by atoms with van der Waals surface area (Å²) in [6, 6.07) is 10.8. The number of aliphatic hydroxyl groups is 1. The minimum atomic E-state index is -1.06. The van der Waals surface area contributed by atoms with E-state index in [2.05, 4.69) is 60.7 Å². The Kier molecular flexibility index (Phi) is 8.50. The van der Waals surface area contributed by atoms with Crippen LogP contribution in [0.3, 0.4) is 0 Å². The summed E-state index contributed by atoms with van der Waals surface area (Å²) in [5.41, 5.74) is 2.22. The van der Waals surface area contributed by atoms with Crippen molar-refractivity contribution in [1.29, 1.82) is 0 Å². The van der Waals surface area contributed by atoms with Crippen LogP contribution in [-0.4, -0.2) is 42.1 Å². The van der Waals surface area contributed by atoms with Crippen molar-refractivity contribution in [2.75, 3.05) is 20.1 Å². The van der Waals surface area contributed by atoms with E-state index in [0.717, 1.165) is 30.2 Å². The average Bonchev–Trinajstić information content (AvgIpc) is 3.04. The molecule has 6 nitrogen and oxygen atoms in total. The Hall–Kier alpha value is -2.31. The number of nitrogens with zero attached hydrogens (tertiary/aromatic N) is 2. The van der Waals surface area contributed by atoms with Crippen molar-refractivity contribution in [3.8, 4) is 0 Å². The first kappa shape index (κ1) is 24.0. The molecule has 0 aliphatic carbocycles. The molecule has 0 aliphatic heterocycles. The number of furan rings is 1. The highest BCUT2D eigenvalue weighted by molar-refractivity contribution is 5.79. The summed E-state index contributed by atoms with van der Waals surface area (Å²) in [4.78, 5) is 7.08. The van der Waals surface area contributed by atoms with Crippen molar-refractivity contribution in [3.05, 3.63) is 58.5 Å². The molecular formula is C24H38N4O2. The maximum Gasteiger partial charge on any atom is 0.191 e. The predicted molar refractivity (Wildman–Crippen MR) is 124 cm³/mol. The lowest BCUT2D eigenvalue weighted by Crippen LogP contribution is -2.44. The van der Waals surface area contributed by atoms with Gasteiger partial charge in [0.2, 0.25) is 0 Å². The fourth-order valence-electron chi connectivity index (χ4n) is 3.34. The molecule has 166 valence electrons. The van der Waals surface area contributed by atoms with Gasteiger partial charge < -0.3 is 20.2 Å². The number of aliphatic imine (C=N–C) groups is 1. The molecule has 0 aliphatic rings. The quantitative estimate of drug-likeness (QED) is 0.431. The molecule has 3 N–H and O–H groups in total. The van der Waals surface area contributed by atoms with E-state index in [1.165, 1.54) is 11.1 Å². The third-order valence-electron chi connectivity index (χ3n) is 5.39. The van der Waals surface area contributed by atoms with E-state index in [1.807, 2.05) is 26.8 Å². The predicted octanol–water partition coefficient (Wildman–Crippen LogP) is 3.70. The van der Waals surface area contributed by atoms with Crippen LogP contribution >= 0.6 is 0 Å². The Labute approximate surface area is 181 Å². The number of nitrogens with one attached hydrogen (secondary N) is 2. The van der Waals surface area contributed by atoms with Crippen LogP contribution < -0.4 is 10.6 Å². The number of benzene rings is 1. The fourth-order valence-corrected chi connectivity index (χ4v) is 3.34. The molecule has 1 unspecified atom stereocenters. The second kappa shape index (κ2) is 10.6. The zero-order valence-corrected chi connectivity index (χ0v) is 19.5. The molecule has 0 saturated heterocycles. The molecule has 0 fully saturated rings. The van der Waals surface area contributed by atoms with Gasteiger partial charge in [-0.1, -0.05) is 24.3 Å². The van der Waals surface area contributed by atoms with Crippen LogP contribution in [-0.2, 0) is 18.7 Å². The topological polar surface area (TPSA) is 73.0 Å². The van der Waals surface area contributed by atoms with Crippen molar-refractivity contribution in [2.45, 2.75) is 66.3 Å². The monoisotopic (exact) mass is 414 g/mol. The zero-order valence-electron chi connectivity index (χ0n) is 19.5. The number of hydrogen-bond acceptors (Lipinski definition) is 4. The van der Waals surface area contributed by atoms with Gasteiger partial charge in [0.25, 0.3) is 0 Å². The Bertz CT molecular complexity index is 839. The summed E-state index contributed by atoms with van der Waals surface area (Å²) < 4.78 is 5.58. The normalized spacial score (nSPS) is 14.3. The molecule has 0 radical (unpaired) electrons. The van der Waals surface area contributed by atoms with Crippen molar-refractivity contribution in [2.24, 2.45) is 4.99 Å². The molecule has 1 aromatic carbocycles. The van der Waals surface area contributed by atoms with Gasteiger partial charge in [-0.2, -0.15) is 0 Å². The van der Waals surface area contributed by atoms with Gasteiger partial charge >= 0.3 is 0 Å². The number of rotatable bonds is 9. The lowest BCUT2D eigenvalue weighted by molar-refractivity contribution is 0.0601. The number of guanidine groups is 1. The Morgan fingerprint density at radius 2 is 1.87 bits per heavy atom. The molecule has 30 heavy (non-hydrogen) atoms. The van der Waals surface area contributed by atoms with Crippen LogP contribution in [0, 0.1) is 13.8 Å². The molecule has 6 heteroatoms. The first-order valence-electron chi connectivity index (χ1n) is 10.7. The second-order valence-electron chi connectivity index (χ2n) is 8.43. The lowest BCUT2D eigenvalue weighted by Gasteiger charge is -2.25. The van der Waals surface area contributed by atoms with E-state index in [9.17, 15) is 5.11 Å². The van der Waals surface area contributed by atoms with Gasteiger partial charge in [-0.3, -0.25) is 4.90 Å². The third kappa shape index (κ3) is 6.61. The molecule has 1 atom stereocenters. The molecule has 1 aromatic heterocycles. The smallest absolute Gasteiger partial charge is 0.191 e. The van der Waals surface area contributed by atoms with Gasteiger partial charge in [0.1, 0.15) is 17.1 Å². The van der Waals surface area contributed by atoms with Crippen molar-refractivity contribution >= 4 is 5.96 Å². The summed E-state index contributed by atoms with van der Waals surface area (Å²) in [5, 5.41) is 17.5. The highest BCUT2D eigenvalue weighted by Gasteiger charge is 2.27. The van der Waals surface area contributed by atoms with Crippen LogP contribution in [0.2, 0.25) is 0 Å². The van der Waals surface area contributed by atoms with Gasteiger partial charge in [0.15, 0.2) is 5.96 Å². The molecular weight excluding hydrogens is 376 g/mol. The maximum atomic E-state index is 11.0. The van der Waals surface area contributed by atoms with E-state index in [1.54, 1.807) is 6.92 Å². The molecule has 0 amide bonds. The first-order chi connectivity index (χ1) is 14.1. The minimum absolute atomic E-state index is 0.330. The fraction of sp³-hybridized carbons (Fsp3) is 0.542. The standard InChI is InChI=1S/C24H38N4O2/c1-8-25-23(27-16-24(6,29)22-13-18(4)30-19(22)5)26-14-20-11-9-10-12-21(20)15-28(7)17(2)3/h9-13,17,29H,8,14-16H2,1-7H3,(H2,25,26,27). The van der Waals surface area contributed by atoms with Crippen molar-refractivity contribution < 1.29 is 9.52 Å². The van der Waals surface area contributed by atoms with Crippen LogP contribution in [0.1, 0.15) is 55.9 Å². The van der Waals surface area contributed by atoms with Crippen molar-refractivity contribution in [1.82, 2.24) is 15.5 Å².